The van der Waals surface area contributed by atoms with E-state index in [9.17, 15) is 14.4 Å². The maximum Gasteiger partial charge on any atom is 0.326 e. The third kappa shape index (κ3) is 4.82. The Labute approximate surface area is 109 Å². The van der Waals surface area contributed by atoms with E-state index >= 15 is 0 Å². The number of carbonyl (C=O) groups is 3. The van der Waals surface area contributed by atoms with Crippen LogP contribution < -0.4 is 5.32 Å². The Morgan fingerprint density at radius 2 is 2.00 bits per heavy atom. The van der Waals surface area contributed by atoms with Crippen LogP contribution in [0.3, 0.4) is 0 Å². The van der Waals surface area contributed by atoms with E-state index in [-0.39, 0.29) is 25.0 Å². The Morgan fingerprint density at radius 3 is 2.47 bits per heavy atom. The summed E-state index contributed by atoms with van der Waals surface area (Å²) in [6.07, 6.45) is 0.0797. The number of amides is 1. The van der Waals surface area contributed by atoms with Crippen molar-refractivity contribution in [2.24, 2.45) is 0 Å². The van der Waals surface area contributed by atoms with Crippen LogP contribution in [0, 0.1) is 6.92 Å². The van der Waals surface area contributed by atoms with Gasteiger partial charge in [0.15, 0.2) is 5.76 Å². The van der Waals surface area contributed by atoms with E-state index in [1.54, 1.807) is 13.0 Å². The van der Waals surface area contributed by atoms with Gasteiger partial charge >= 0.3 is 11.9 Å². The van der Waals surface area contributed by atoms with Crippen LogP contribution in [0.2, 0.25) is 0 Å². The lowest BCUT2D eigenvalue weighted by Crippen LogP contribution is -2.40. The molecule has 3 N–H and O–H groups in total. The number of furan rings is 1. The molecule has 0 aliphatic heterocycles. The third-order valence-electron chi connectivity index (χ3n) is 2.45. The molecule has 0 unspecified atom stereocenters. The number of aryl methyl sites for hydroxylation is 1. The fourth-order valence-electron chi connectivity index (χ4n) is 1.50. The lowest BCUT2D eigenvalue weighted by atomic mass is 10.1. The van der Waals surface area contributed by atoms with Gasteiger partial charge in [-0.05, 0) is 31.9 Å². The molecule has 0 radical (unpaired) electrons. The monoisotopic (exact) mass is 269 g/mol. The van der Waals surface area contributed by atoms with Crippen molar-refractivity contribution in [3.8, 4) is 0 Å². The molecule has 1 aromatic heterocycles. The van der Waals surface area contributed by atoms with Gasteiger partial charge in [0.25, 0.3) is 5.91 Å². The average Bonchev–Trinajstić information content (AvgIpc) is 2.73. The molecule has 0 bridgehead atoms. The zero-order valence-electron chi connectivity index (χ0n) is 10.4. The lowest BCUT2D eigenvalue weighted by Gasteiger charge is -2.12. The predicted octanol–water partition coefficient (Wildman–Crippen LogP) is 1.03. The predicted molar refractivity (Wildman–Crippen MR) is 63.8 cm³/mol. The first kappa shape index (κ1) is 14.7. The van der Waals surface area contributed by atoms with Crippen molar-refractivity contribution in [2.75, 3.05) is 0 Å². The van der Waals surface area contributed by atoms with Gasteiger partial charge in [0.05, 0.1) is 0 Å². The van der Waals surface area contributed by atoms with Gasteiger partial charge in [0.2, 0.25) is 0 Å². The smallest absolute Gasteiger partial charge is 0.326 e. The molecule has 104 valence electrons. The number of rotatable bonds is 7. The van der Waals surface area contributed by atoms with Crippen LogP contribution >= 0.6 is 0 Å². The van der Waals surface area contributed by atoms with Gasteiger partial charge in [-0.25, -0.2) is 4.79 Å². The first-order valence-electron chi connectivity index (χ1n) is 5.72. The second-order valence-corrected chi connectivity index (χ2v) is 4.06. The van der Waals surface area contributed by atoms with Crippen molar-refractivity contribution >= 4 is 17.8 Å². The van der Waals surface area contributed by atoms with Crippen LogP contribution in [0.25, 0.3) is 0 Å². The molecular formula is C12H15NO6. The van der Waals surface area contributed by atoms with Gasteiger partial charge in [-0.2, -0.15) is 0 Å². The van der Waals surface area contributed by atoms with E-state index in [2.05, 4.69) is 5.32 Å². The molecule has 0 aliphatic rings. The van der Waals surface area contributed by atoms with Crippen molar-refractivity contribution in [3.05, 3.63) is 23.7 Å². The zero-order chi connectivity index (χ0) is 14.4. The van der Waals surface area contributed by atoms with Crippen LogP contribution in [-0.4, -0.2) is 34.1 Å². The lowest BCUT2D eigenvalue weighted by molar-refractivity contribution is -0.140. The SMILES string of the molecule is Cc1ccc(C(=O)N[C@H](CCCC(=O)O)C(=O)O)o1. The minimum atomic E-state index is -1.21. The van der Waals surface area contributed by atoms with Gasteiger partial charge in [-0.1, -0.05) is 0 Å². The van der Waals surface area contributed by atoms with Crippen LogP contribution in [0.1, 0.15) is 35.6 Å². The van der Waals surface area contributed by atoms with Gasteiger partial charge in [0, 0.05) is 6.42 Å². The number of carboxylic acid groups (broad SMARTS) is 2. The summed E-state index contributed by atoms with van der Waals surface area (Å²) >= 11 is 0. The number of hydrogen-bond acceptors (Lipinski definition) is 4. The summed E-state index contributed by atoms with van der Waals surface area (Å²) in [6.45, 7) is 1.66. The largest absolute Gasteiger partial charge is 0.481 e. The molecule has 1 atom stereocenters. The van der Waals surface area contributed by atoms with Crippen LogP contribution in [0.15, 0.2) is 16.5 Å². The van der Waals surface area contributed by atoms with Gasteiger partial charge < -0.3 is 19.9 Å². The van der Waals surface area contributed by atoms with Gasteiger partial charge in [0.1, 0.15) is 11.8 Å². The van der Waals surface area contributed by atoms with Crippen molar-refractivity contribution in [2.45, 2.75) is 32.2 Å². The van der Waals surface area contributed by atoms with E-state index in [0.29, 0.717) is 5.76 Å². The molecule has 1 heterocycles. The summed E-state index contributed by atoms with van der Waals surface area (Å²) in [5, 5.41) is 19.7. The Bertz CT molecular complexity index is 478. The number of carboxylic acids is 2. The van der Waals surface area contributed by atoms with Crippen molar-refractivity contribution in [1.29, 1.82) is 0 Å². The zero-order valence-corrected chi connectivity index (χ0v) is 10.4. The Balaban J connectivity index is 2.55. The fraction of sp³-hybridized carbons (Fsp3) is 0.417. The maximum absolute atomic E-state index is 11.7. The van der Waals surface area contributed by atoms with E-state index in [1.807, 2.05) is 0 Å². The summed E-state index contributed by atoms with van der Waals surface area (Å²) in [5.41, 5.74) is 0. The molecule has 1 aromatic rings. The molecule has 1 rings (SSSR count). The highest BCUT2D eigenvalue weighted by Gasteiger charge is 2.22. The topological polar surface area (TPSA) is 117 Å². The number of hydrogen-bond donors (Lipinski definition) is 3. The van der Waals surface area contributed by atoms with Crippen LogP contribution in [0.5, 0.6) is 0 Å². The Kier molecular flexibility index (Phi) is 5.11. The molecule has 0 saturated carbocycles. The standard InChI is InChI=1S/C12H15NO6/c1-7-5-6-9(19-7)11(16)13-8(12(17)18)3-2-4-10(14)15/h5-6,8H,2-4H2,1H3,(H,13,16)(H,14,15)(H,17,18)/t8-/m1/s1. The van der Waals surface area contributed by atoms with Crippen LogP contribution in [0.4, 0.5) is 0 Å². The summed E-state index contributed by atoms with van der Waals surface area (Å²) in [4.78, 5) is 33.0. The fourth-order valence-corrected chi connectivity index (χ4v) is 1.50. The molecule has 0 saturated heterocycles. The van der Waals surface area contributed by atoms with Crippen molar-refractivity contribution in [1.82, 2.24) is 5.32 Å². The quantitative estimate of drug-likeness (QED) is 0.680. The number of aliphatic carboxylic acids is 2. The minimum absolute atomic E-state index is 0.0296. The van der Waals surface area contributed by atoms with E-state index in [0.717, 1.165) is 0 Å². The normalized spacial score (nSPS) is 11.8. The van der Waals surface area contributed by atoms with E-state index in [1.165, 1.54) is 6.07 Å². The molecular weight excluding hydrogens is 254 g/mol. The average molecular weight is 269 g/mol. The first-order chi connectivity index (χ1) is 8.90. The summed E-state index contributed by atoms with van der Waals surface area (Å²) in [5.74, 6) is -2.26. The summed E-state index contributed by atoms with van der Waals surface area (Å²) in [6, 6.07) is 1.91. The highest BCUT2D eigenvalue weighted by Crippen LogP contribution is 2.08. The molecule has 0 spiro atoms. The summed E-state index contributed by atoms with van der Waals surface area (Å²) in [7, 11) is 0. The molecule has 19 heavy (non-hydrogen) atoms. The molecule has 1 amide bonds. The van der Waals surface area contributed by atoms with Gasteiger partial charge in [-0.15, -0.1) is 0 Å². The molecule has 0 fully saturated rings. The van der Waals surface area contributed by atoms with Crippen LogP contribution in [-0.2, 0) is 9.59 Å². The van der Waals surface area contributed by atoms with Crippen molar-refractivity contribution < 1.29 is 29.0 Å². The number of carbonyl (C=O) groups excluding carboxylic acids is 1. The molecule has 0 aromatic carbocycles. The third-order valence-corrected chi connectivity index (χ3v) is 2.45. The number of nitrogens with one attached hydrogen (secondary N) is 1. The summed E-state index contributed by atoms with van der Waals surface area (Å²) < 4.78 is 5.07. The Morgan fingerprint density at radius 1 is 1.32 bits per heavy atom. The van der Waals surface area contributed by atoms with E-state index in [4.69, 9.17) is 14.6 Å². The first-order valence-corrected chi connectivity index (χ1v) is 5.72. The molecule has 7 heteroatoms. The van der Waals surface area contributed by atoms with Gasteiger partial charge in [-0.3, -0.25) is 9.59 Å². The molecule has 7 nitrogen and oxygen atoms in total. The maximum atomic E-state index is 11.7. The minimum Gasteiger partial charge on any atom is -0.481 e. The van der Waals surface area contributed by atoms with Crippen molar-refractivity contribution in [3.63, 3.8) is 0 Å². The van der Waals surface area contributed by atoms with E-state index < -0.39 is 23.9 Å². The second kappa shape index (κ2) is 6.58. The second-order valence-electron chi connectivity index (χ2n) is 4.06. The Hall–Kier alpha value is -2.31. The highest BCUT2D eigenvalue weighted by molar-refractivity contribution is 5.94. The molecule has 0 aliphatic carbocycles. The highest BCUT2D eigenvalue weighted by atomic mass is 16.4.